The van der Waals surface area contributed by atoms with Crippen molar-refractivity contribution in [1.82, 2.24) is 4.90 Å². The molecule has 2 aromatic rings. The van der Waals surface area contributed by atoms with Gasteiger partial charge in [0, 0.05) is 24.3 Å². The van der Waals surface area contributed by atoms with Crippen molar-refractivity contribution in [3.63, 3.8) is 0 Å². The molecule has 2 amide bonds. The Bertz CT molecular complexity index is 807. The van der Waals surface area contributed by atoms with Crippen LogP contribution >= 0.6 is 0 Å². The lowest BCUT2D eigenvalue weighted by molar-refractivity contribution is -0.117. The molecule has 0 aromatic heterocycles. The van der Waals surface area contributed by atoms with Crippen LogP contribution in [-0.4, -0.2) is 29.8 Å². The van der Waals surface area contributed by atoms with Crippen LogP contribution in [0.1, 0.15) is 53.1 Å². The molecule has 0 spiro atoms. The molecule has 1 fully saturated rings. The molecule has 0 bridgehead atoms. The van der Waals surface area contributed by atoms with Crippen LogP contribution in [0, 0.1) is 0 Å². The van der Waals surface area contributed by atoms with Gasteiger partial charge in [0.1, 0.15) is 0 Å². The fourth-order valence-electron chi connectivity index (χ4n) is 4.05. The van der Waals surface area contributed by atoms with Crippen LogP contribution in [0.15, 0.2) is 48.5 Å². The zero-order valence-electron chi connectivity index (χ0n) is 14.9. The average Bonchev–Trinajstić information content (AvgIpc) is 3.22. The van der Waals surface area contributed by atoms with E-state index in [2.05, 4.69) is 17.4 Å². The molecule has 1 N–H and O–H groups in total. The van der Waals surface area contributed by atoms with E-state index in [1.54, 1.807) is 0 Å². The minimum Gasteiger partial charge on any atom is -0.339 e. The van der Waals surface area contributed by atoms with Crippen molar-refractivity contribution < 1.29 is 9.59 Å². The number of anilines is 1. The van der Waals surface area contributed by atoms with Gasteiger partial charge in [-0.25, -0.2) is 0 Å². The number of likely N-dealkylation sites (tertiary alicyclic amines) is 1. The highest BCUT2D eigenvalue weighted by molar-refractivity contribution is 5.98. The summed E-state index contributed by atoms with van der Waals surface area (Å²) >= 11 is 0. The Hall–Kier alpha value is -2.62. The molecule has 2 aromatic carbocycles. The average molecular weight is 348 g/mol. The number of fused-ring (bicyclic) bond motifs is 1. The monoisotopic (exact) mass is 348 g/mol. The van der Waals surface area contributed by atoms with Crippen molar-refractivity contribution >= 4 is 17.5 Å². The van der Waals surface area contributed by atoms with Gasteiger partial charge in [-0.2, -0.15) is 0 Å². The normalized spacial score (nSPS) is 19.1. The maximum absolute atomic E-state index is 12.8. The highest BCUT2D eigenvalue weighted by Crippen LogP contribution is 2.32. The van der Waals surface area contributed by atoms with Gasteiger partial charge < -0.3 is 10.2 Å². The molecule has 4 nitrogen and oxygen atoms in total. The second kappa shape index (κ2) is 7.32. The Balaban J connectivity index is 1.44. The van der Waals surface area contributed by atoms with Crippen LogP contribution in [0.5, 0.6) is 0 Å². The SMILES string of the molecule is O=C(Nc1ccc(C(=O)N2CCCC2)cc1)C1CCCc2ccccc21. The van der Waals surface area contributed by atoms with Crippen molar-refractivity contribution in [2.75, 3.05) is 18.4 Å². The van der Waals surface area contributed by atoms with Gasteiger partial charge in [0.2, 0.25) is 5.91 Å². The Kier molecular flexibility index (Phi) is 4.74. The van der Waals surface area contributed by atoms with Gasteiger partial charge in [-0.05, 0) is 67.5 Å². The highest BCUT2D eigenvalue weighted by Gasteiger charge is 2.26. The molecule has 134 valence electrons. The first-order chi connectivity index (χ1) is 12.7. The summed E-state index contributed by atoms with van der Waals surface area (Å²) in [5.74, 6) is 0.0308. The number of aryl methyl sites for hydroxylation is 1. The van der Waals surface area contributed by atoms with E-state index >= 15 is 0 Å². The van der Waals surface area contributed by atoms with Crippen LogP contribution in [0.2, 0.25) is 0 Å². The number of nitrogens with zero attached hydrogens (tertiary/aromatic N) is 1. The fourth-order valence-corrected chi connectivity index (χ4v) is 4.05. The Morgan fingerprint density at radius 2 is 1.65 bits per heavy atom. The number of hydrogen-bond acceptors (Lipinski definition) is 2. The van der Waals surface area contributed by atoms with Crippen LogP contribution in [0.4, 0.5) is 5.69 Å². The second-order valence-corrected chi connectivity index (χ2v) is 7.21. The zero-order chi connectivity index (χ0) is 17.9. The lowest BCUT2D eigenvalue weighted by Crippen LogP contribution is -2.27. The molecule has 1 saturated heterocycles. The molecule has 26 heavy (non-hydrogen) atoms. The van der Waals surface area contributed by atoms with Gasteiger partial charge in [0.15, 0.2) is 0 Å². The number of nitrogens with one attached hydrogen (secondary N) is 1. The molecule has 1 atom stereocenters. The van der Waals surface area contributed by atoms with E-state index in [4.69, 9.17) is 0 Å². The van der Waals surface area contributed by atoms with Gasteiger partial charge in [0.05, 0.1) is 5.92 Å². The van der Waals surface area contributed by atoms with Crippen molar-refractivity contribution in [3.8, 4) is 0 Å². The number of benzene rings is 2. The summed E-state index contributed by atoms with van der Waals surface area (Å²) in [6, 6.07) is 15.5. The first-order valence-corrected chi connectivity index (χ1v) is 9.50. The van der Waals surface area contributed by atoms with Crippen LogP contribution < -0.4 is 5.32 Å². The second-order valence-electron chi connectivity index (χ2n) is 7.21. The van der Waals surface area contributed by atoms with Gasteiger partial charge in [-0.3, -0.25) is 9.59 Å². The van der Waals surface area contributed by atoms with Gasteiger partial charge in [0.25, 0.3) is 5.91 Å². The third kappa shape index (κ3) is 3.36. The first kappa shape index (κ1) is 16.8. The summed E-state index contributed by atoms with van der Waals surface area (Å²) in [5.41, 5.74) is 3.87. The first-order valence-electron chi connectivity index (χ1n) is 9.50. The van der Waals surface area contributed by atoms with E-state index in [0.717, 1.165) is 56.4 Å². The van der Waals surface area contributed by atoms with Gasteiger partial charge in [-0.1, -0.05) is 24.3 Å². The number of hydrogen-bond donors (Lipinski definition) is 1. The van der Waals surface area contributed by atoms with E-state index < -0.39 is 0 Å². The van der Waals surface area contributed by atoms with Crippen LogP contribution in [0.25, 0.3) is 0 Å². The number of amides is 2. The summed E-state index contributed by atoms with van der Waals surface area (Å²) in [5, 5.41) is 3.02. The molecular weight excluding hydrogens is 324 g/mol. The molecule has 0 saturated carbocycles. The predicted molar refractivity (Wildman–Crippen MR) is 102 cm³/mol. The predicted octanol–water partition coefficient (Wildman–Crippen LogP) is 3.98. The summed E-state index contributed by atoms with van der Waals surface area (Å²) in [6.45, 7) is 1.69. The van der Waals surface area contributed by atoms with Gasteiger partial charge >= 0.3 is 0 Å². The number of rotatable bonds is 3. The van der Waals surface area contributed by atoms with E-state index in [-0.39, 0.29) is 17.7 Å². The van der Waals surface area contributed by atoms with Gasteiger partial charge in [-0.15, -0.1) is 0 Å². The third-order valence-corrected chi connectivity index (χ3v) is 5.48. The highest BCUT2D eigenvalue weighted by atomic mass is 16.2. The molecule has 0 radical (unpaired) electrons. The van der Waals surface area contributed by atoms with Crippen LogP contribution in [0.3, 0.4) is 0 Å². The maximum Gasteiger partial charge on any atom is 0.253 e. The van der Waals surface area contributed by atoms with E-state index in [1.807, 2.05) is 41.3 Å². The standard InChI is InChI=1S/C22H24N2O2/c25-21(20-9-5-7-16-6-1-2-8-19(16)20)23-18-12-10-17(11-13-18)22(26)24-14-3-4-15-24/h1-2,6,8,10-13,20H,3-5,7,9,14-15H2,(H,23,25). The lowest BCUT2D eigenvalue weighted by Gasteiger charge is -2.24. The minimum atomic E-state index is -0.0918. The van der Waals surface area contributed by atoms with Crippen molar-refractivity contribution in [2.24, 2.45) is 0 Å². The summed E-state index contributed by atoms with van der Waals surface area (Å²) in [7, 11) is 0. The summed E-state index contributed by atoms with van der Waals surface area (Å²) in [6.07, 6.45) is 5.14. The van der Waals surface area contributed by atoms with Crippen molar-refractivity contribution in [2.45, 2.75) is 38.0 Å². The molecule has 1 unspecified atom stereocenters. The van der Waals surface area contributed by atoms with Crippen molar-refractivity contribution in [1.29, 1.82) is 0 Å². The molecule has 1 heterocycles. The molecule has 1 aliphatic heterocycles. The van der Waals surface area contributed by atoms with E-state index in [0.29, 0.717) is 5.56 Å². The molecule has 4 heteroatoms. The van der Waals surface area contributed by atoms with Crippen molar-refractivity contribution in [3.05, 3.63) is 65.2 Å². The molecule has 4 rings (SSSR count). The number of carbonyl (C=O) groups excluding carboxylic acids is 2. The number of carbonyl (C=O) groups is 2. The van der Waals surface area contributed by atoms with Crippen LogP contribution in [-0.2, 0) is 11.2 Å². The van der Waals surface area contributed by atoms with E-state index in [1.165, 1.54) is 5.56 Å². The maximum atomic E-state index is 12.8. The zero-order valence-corrected chi connectivity index (χ0v) is 14.9. The smallest absolute Gasteiger partial charge is 0.253 e. The lowest BCUT2D eigenvalue weighted by atomic mass is 9.82. The minimum absolute atomic E-state index is 0.0377. The molecular formula is C22H24N2O2. The fraction of sp³-hybridized carbons (Fsp3) is 0.364. The Morgan fingerprint density at radius 3 is 2.42 bits per heavy atom. The quantitative estimate of drug-likeness (QED) is 0.912. The summed E-state index contributed by atoms with van der Waals surface area (Å²) < 4.78 is 0. The topological polar surface area (TPSA) is 49.4 Å². The molecule has 1 aliphatic carbocycles. The molecule has 2 aliphatic rings. The summed E-state index contributed by atoms with van der Waals surface area (Å²) in [4.78, 5) is 27.1. The largest absolute Gasteiger partial charge is 0.339 e. The Morgan fingerprint density at radius 1 is 0.923 bits per heavy atom. The van der Waals surface area contributed by atoms with E-state index in [9.17, 15) is 9.59 Å². The third-order valence-electron chi connectivity index (χ3n) is 5.48. The Labute approximate surface area is 154 Å².